The molecule has 5 nitrogen and oxygen atoms in total. The number of rotatable bonds is 3. The molecule has 1 amide bonds. The van der Waals surface area contributed by atoms with Gasteiger partial charge in [-0.15, -0.1) is 0 Å². The third-order valence-corrected chi connectivity index (χ3v) is 4.47. The summed E-state index contributed by atoms with van der Waals surface area (Å²) in [6, 6.07) is 11.5. The number of aryl methyl sites for hydroxylation is 1. The number of nitrogens with zero attached hydrogens (tertiary/aromatic N) is 3. The Morgan fingerprint density at radius 3 is 2.74 bits per heavy atom. The summed E-state index contributed by atoms with van der Waals surface area (Å²) in [5, 5.41) is 14.5. The normalized spacial score (nSPS) is 19.6. The quantitative estimate of drug-likeness (QED) is 0.947. The Bertz CT molecular complexity index is 679. The Morgan fingerprint density at radius 1 is 1.30 bits per heavy atom. The second-order valence-electron chi connectivity index (χ2n) is 6.22. The van der Waals surface area contributed by atoms with Crippen molar-refractivity contribution in [2.24, 2.45) is 0 Å². The van der Waals surface area contributed by atoms with Gasteiger partial charge in [-0.25, -0.2) is 4.68 Å². The highest BCUT2D eigenvalue weighted by Crippen LogP contribution is 2.22. The molecule has 1 aromatic heterocycles. The summed E-state index contributed by atoms with van der Waals surface area (Å²) >= 11 is 0. The number of para-hydroxylation sites is 1. The molecule has 0 spiro atoms. The first kappa shape index (κ1) is 15.7. The molecule has 1 fully saturated rings. The lowest BCUT2D eigenvalue weighted by atomic mass is 9.98. The van der Waals surface area contributed by atoms with Crippen LogP contribution in [0.5, 0.6) is 0 Å². The summed E-state index contributed by atoms with van der Waals surface area (Å²) in [5.74, 6) is -0.0895. The van der Waals surface area contributed by atoms with Crippen LogP contribution in [0.4, 0.5) is 0 Å². The predicted molar refractivity (Wildman–Crippen MR) is 88.7 cm³/mol. The zero-order valence-corrected chi connectivity index (χ0v) is 13.6. The number of amides is 1. The molecule has 0 unspecified atom stereocenters. The number of hydrogen-bond acceptors (Lipinski definition) is 3. The van der Waals surface area contributed by atoms with Gasteiger partial charge in [-0.2, -0.15) is 5.10 Å². The Hall–Kier alpha value is -2.14. The first-order valence-corrected chi connectivity index (χ1v) is 8.19. The molecule has 1 saturated heterocycles. The van der Waals surface area contributed by atoms with Gasteiger partial charge in [-0.3, -0.25) is 4.79 Å². The molecule has 1 aromatic carbocycles. The van der Waals surface area contributed by atoms with E-state index in [0.29, 0.717) is 12.2 Å². The van der Waals surface area contributed by atoms with Crippen LogP contribution in [0.1, 0.15) is 42.4 Å². The number of aliphatic hydroxyl groups is 1. The van der Waals surface area contributed by atoms with Crippen molar-refractivity contribution in [3.63, 3.8) is 0 Å². The van der Waals surface area contributed by atoms with E-state index in [1.165, 1.54) is 0 Å². The third-order valence-electron chi connectivity index (χ3n) is 4.47. The largest absolute Gasteiger partial charge is 0.391 e. The smallest absolute Gasteiger partial charge is 0.274 e. The van der Waals surface area contributed by atoms with E-state index >= 15 is 0 Å². The fourth-order valence-electron chi connectivity index (χ4n) is 3.27. The Kier molecular flexibility index (Phi) is 4.48. The first-order valence-electron chi connectivity index (χ1n) is 8.19. The van der Waals surface area contributed by atoms with E-state index in [1.54, 1.807) is 16.5 Å². The molecule has 3 rings (SSSR count). The standard InChI is InChI=1S/C18H23N3O2/c1-13-12-16(19-21(13)15-8-4-3-5-9-15)18(23)20-11-7-6-10-17(20)14(2)22/h3-5,8-9,12,14,17,22H,6-7,10-11H2,1-2H3/t14-,17-/m1/s1. The van der Waals surface area contributed by atoms with Gasteiger partial charge in [-0.05, 0) is 51.3 Å². The van der Waals surface area contributed by atoms with Crippen molar-refractivity contribution in [2.45, 2.75) is 45.3 Å². The zero-order valence-electron chi connectivity index (χ0n) is 13.6. The van der Waals surface area contributed by atoms with E-state index < -0.39 is 6.10 Å². The summed E-state index contributed by atoms with van der Waals surface area (Å²) in [6.07, 6.45) is 2.36. The summed E-state index contributed by atoms with van der Waals surface area (Å²) in [6.45, 7) is 4.38. The third kappa shape index (κ3) is 3.15. The van der Waals surface area contributed by atoms with Gasteiger partial charge in [0.1, 0.15) is 0 Å². The van der Waals surface area contributed by atoms with E-state index in [-0.39, 0.29) is 11.9 Å². The average molecular weight is 313 g/mol. The van der Waals surface area contributed by atoms with Crippen LogP contribution in [0.15, 0.2) is 36.4 Å². The lowest BCUT2D eigenvalue weighted by molar-refractivity contribution is 0.0276. The Labute approximate surface area is 136 Å². The maximum Gasteiger partial charge on any atom is 0.274 e. The van der Waals surface area contributed by atoms with E-state index in [9.17, 15) is 9.90 Å². The molecule has 5 heteroatoms. The Morgan fingerprint density at radius 2 is 2.04 bits per heavy atom. The van der Waals surface area contributed by atoms with Crippen LogP contribution in [0.25, 0.3) is 5.69 Å². The van der Waals surface area contributed by atoms with E-state index in [4.69, 9.17) is 0 Å². The molecule has 0 radical (unpaired) electrons. The fourth-order valence-corrected chi connectivity index (χ4v) is 3.27. The molecule has 2 heterocycles. The Balaban J connectivity index is 1.88. The van der Waals surface area contributed by atoms with Crippen LogP contribution >= 0.6 is 0 Å². The highest BCUT2D eigenvalue weighted by molar-refractivity contribution is 5.92. The number of carbonyl (C=O) groups excluding carboxylic acids is 1. The molecule has 1 aliphatic rings. The molecule has 0 saturated carbocycles. The average Bonchev–Trinajstić information content (AvgIpc) is 2.97. The van der Waals surface area contributed by atoms with Crippen molar-refractivity contribution in [3.05, 3.63) is 47.8 Å². The number of carbonyl (C=O) groups is 1. The number of piperidine rings is 1. The van der Waals surface area contributed by atoms with Crippen LogP contribution in [-0.4, -0.2) is 44.4 Å². The lowest BCUT2D eigenvalue weighted by Crippen LogP contribution is -2.49. The lowest BCUT2D eigenvalue weighted by Gasteiger charge is -2.37. The van der Waals surface area contributed by atoms with E-state index in [2.05, 4.69) is 5.10 Å². The van der Waals surface area contributed by atoms with Crippen LogP contribution < -0.4 is 0 Å². The minimum atomic E-state index is -0.517. The number of benzene rings is 1. The minimum absolute atomic E-state index is 0.0895. The summed E-state index contributed by atoms with van der Waals surface area (Å²) in [4.78, 5) is 14.6. The summed E-state index contributed by atoms with van der Waals surface area (Å²) in [5.41, 5.74) is 2.30. The van der Waals surface area contributed by atoms with Gasteiger partial charge in [0.2, 0.25) is 0 Å². The molecule has 23 heavy (non-hydrogen) atoms. The van der Waals surface area contributed by atoms with Gasteiger partial charge >= 0.3 is 0 Å². The predicted octanol–water partition coefficient (Wildman–Crippen LogP) is 2.56. The molecular weight excluding hydrogens is 290 g/mol. The number of aromatic nitrogens is 2. The highest BCUT2D eigenvalue weighted by Gasteiger charge is 2.31. The van der Waals surface area contributed by atoms with Gasteiger partial charge in [0.05, 0.1) is 17.8 Å². The maximum absolute atomic E-state index is 12.9. The van der Waals surface area contributed by atoms with Crippen molar-refractivity contribution >= 4 is 5.91 Å². The molecule has 1 aliphatic heterocycles. The first-order chi connectivity index (χ1) is 11.1. The zero-order chi connectivity index (χ0) is 16.4. The van der Waals surface area contributed by atoms with Crippen molar-refractivity contribution in [1.82, 2.24) is 14.7 Å². The van der Waals surface area contributed by atoms with Crippen molar-refractivity contribution in [1.29, 1.82) is 0 Å². The van der Waals surface area contributed by atoms with Gasteiger partial charge in [0, 0.05) is 12.2 Å². The van der Waals surface area contributed by atoms with Gasteiger partial charge in [0.25, 0.3) is 5.91 Å². The summed E-state index contributed by atoms with van der Waals surface area (Å²) in [7, 11) is 0. The van der Waals surface area contributed by atoms with Crippen LogP contribution in [-0.2, 0) is 0 Å². The highest BCUT2D eigenvalue weighted by atomic mass is 16.3. The second-order valence-corrected chi connectivity index (χ2v) is 6.22. The van der Waals surface area contributed by atoms with Crippen LogP contribution in [0.3, 0.4) is 0 Å². The number of hydrogen-bond donors (Lipinski definition) is 1. The second kappa shape index (κ2) is 6.54. The van der Waals surface area contributed by atoms with E-state index in [1.807, 2.05) is 43.3 Å². The summed E-state index contributed by atoms with van der Waals surface area (Å²) < 4.78 is 1.79. The molecule has 2 aromatic rings. The van der Waals surface area contributed by atoms with Crippen molar-refractivity contribution in [3.8, 4) is 5.69 Å². The van der Waals surface area contributed by atoms with Crippen LogP contribution in [0.2, 0.25) is 0 Å². The van der Waals surface area contributed by atoms with E-state index in [0.717, 1.165) is 30.6 Å². The van der Waals surface area contributed by atoms with Crippen molar-refractivity contribution < 1.29 is 9.90 Å². The fraction of sp³-hybridized carbons (Fsp3) is 0.444. The molecule has 2 atom stereocenters. The minimum Gasteiger partial charge on any atom is -0.391 e. The van der Waals surface area contributed by atoms with Gasteiger partial charge < -0.3 is 10.0 Å². The molecule has 0 bridgehead atoms. The molecular formula is C18H23N3O2. The maximum atomic E-state index is 12.9. The topological polar surface area (TPSA) is 58.4 Å². The monoisotopic (exact) mass is 313 g/mol. The van der Waals surface area contributed by atoms with Crippen LogP contribution in [0, 0.1) is 6.92 Å². The number of aliphatic hydroxyl groups excluding tert-OH is 1. The molecule has 122 valence electrons. The van der Waals surface area contributed by atoms with Gasteiger partial charge in [-0.1, -0.05) is 18.2 Å². The number of likely N-dealkylation sites (tertiary alicyclic amines) is 1. The molecule has 0 aliphatic carbocycles. The molecule has 1 N–H and O–H groups in total. The van der Waals surface area contributed by atoms with Crippen molar-refractivity contribution in [2.75, 3.05) is 6.54 Å². The SMILES string of the molecule is Cc1cc(C(=O)N2CCCC[C@@H]2[C@@H](C)O)nn1-c1ccccc1. The van der Waals surface area contributed by atoms with Gasteiger partial charge in [0.15, 0.2) is 5.69 Å².